The maximum Gasteiger partial charge on any atom is 0.358 e. The second-order valence-corrected chi connectivity index (χ2v) is 8.01. The van der Waals surface area contributed by atoms with Gasteiger partial charge in [0.15, 0.2) is 9.90 Å². The zero-order valence-corrected chi connectivity index (χ0v) is 13.2. The number of carbonyl (C=O) groups excluding carboxylic acids is 1. The number of aromatic nitrogens is 1. The van der Waals surface area contributed by atoms with E-state index in [-0.39, 0.29) is 16.4 Å². The summed E-state index contributed by atoms with van der Waals surface area (Å²) in [7, 11) is -2.60. The van der Waals surface area contributed by atoms with E-state index in [1.807, 2.05) is 19.1 Å². The van der Waals surface area contributed by atoms with Crippen LogP contribution in [0.3, 0.4) is 0 Å². The van der Waals surface area contributed by atoms with Crippen molar-refractivity contribution in [2.24, 2.45) is 0 Å². The molecule has 0 amide bonds. The summed E-state index contributed by atoms with van der Waals surface area (Å²) in [6.07, 6.45) is 0. The molecule has 2 heterocycles. The molecule has 2 rings (SSSR count). The van der Waals surface area contributed by atoms with Crippen LogP contribution in [0.5, 0.6) is 0 Å². The number of ether oxygens (including phenoxy) is 1. The molecule has 0 saturated heterocycles. The van der Waals surface area contributed by atoms with Crippen molar-refractivity contribution in [3.8, 4) is 0 Å². The van der Waals surface area contributed by atoms with Gasteiger partial charge in [-0.3, -0.25) is 0 Å². The van der Waals surface area contributed by atoms with Crippen LogP contribution in [0.4, 0.5) is 0 Å². The van der Waals surface area contributed by atoms with Gasteiger partial charge in [0.25, 0.3) is 10.0 Å². The maximum absolute atomic E-state index is 12.2. The van der Waals surface area contributed by atoms with Crippen molar-refractivity contribution < 1.29 is 17.9 Å². The van der Waals surface area contributed by atoms with Crippen LogP contribution in [0.25, 0.3) is 0 Å². The normalized spacial score (nSPS) is 11.5. The first-order valence-corrected chi connectivity index (χ1v) is 8.69. The van der Waals surface area contributed by atoms with Crippen molar-refractivity contribution in [3.63, 3.8) is 0 Å². The topological polar surface area (TPSA) is 85.4 Å². The molecule has 0 unspecified atom stereocenters. The Balaban J connectivity index is 2.18. The molecular formula is C11H12N2O4S3. The van der Waals surface area contributed by atoms with E-state index in [9.17, 15) is 13.2 Å². The third-order valence-electron chi connectivity index (χ3n) is 2.39. The average molecular weight is 332 g/mol. The number of aryl methyl sites for hydroxylation is 1. The van der Waals surface area contributed by atoms with Crippen LogP contribution >= 0.6 is 22.7 Å². The van der Waals surface area contributed by atoms with E-state index in [1.54, 1.807) is 0 Å². The summed E-state index contributed by atoms with van der Waals surface area (Å²) < 4.78 is 31.2. The molecule has 0 saturated carbocycles. The van der Waals surface area contributed by atoms with Crippen LogP contribution in [-0.2, 0) is 21.3 Å². The Morgan fingerprint density at radius 1 is 1.45 bits per heavy atom. The molecule has 0 spiro atoms. The van der Waals surface area contributed by atoms with Crippen molar-refractivity contribution in [2.75, 3.05) is 7.11 Å². The number of nitrogens with zero attached hydrogens (tertiary/aromatic N) is 1. The third-order valence-corrected chi connectivity index (χ3v) is 6.16. The van der Waals surface area contributed by atoms with E-state index < -0.39 is 16.0 Å². The Hall–Kier alpha value is -1.29. The smallest absolute Gasteiger partial charge is 0.358 e. The minimum Gasteiger partial charge on any atom is -0.464 e. The van der Waals surface area contributed by atoms with Gasteiger partial charge in [-0.2, -0.15) is 0 Å². The van der Waals surface area contributed by atoms with E-state index >= 15 is 0 Å². The van der Waals surface area contributed by atoms with Crippen molar-refractivity contribution in [3.05, 3.63) is 33.1 Å². The number of methoxy groups -OCH3 is 1. The highest BCUT2D eigenvalue weighted by Crippen LogP contribution is 2.21. The van der Waals surface area contributed by atoms with Crippen LogP contribution in [0.2, 0.25) is 0 Å². The van der Waals surface area contributed by atoms with Crippen LogP contribution in [0, 0.1) is 6.92 Å². The quantitative estimate of drug-likeness (QED) is 0.844. The minimum absolute atomic E-state index is 0.127. The SMILES string of the molecule is COC(=O)c1ncsc1S(=O)(=O)NCc1ccc(C)s1. The fourth-order valence-corrected chi connectivity index (χ4v) is 4.57. The Labute approximate surface area is 124 Å². The highest BCUT2D eigenvalue weighted by molar-refractivity contribution is 7.91. The molecule has 1 N–H and O–H groups in total. The Kier molecular flexibility index (Phi) is 4.53. The first-order chi connectivity index (χ1) is 9.44. The minimum atomic E-state index is -3.78. The maximum atomic E-state index is 12.2. The molecule has 9 heteroatoms. The molecule has 0 aliphatic carbocycles. The number of sulfonamides is 1. The predicted molar refractivity (Wildman–Crippen MR) is 76.5 cm³/mol. The number of esters is 1. The molecule has 6 nitrogen and oxygen atoms in total. The van der Waals surface area contributed by atoms with Crippen molar-refractivity contribution >= 4 is 38.7 Å². The first kappa shape index (κ1) is 15.1. The van der Waals surface area contributed by atoms with E-state index in [0.29, 0.717) is 0 Å². The second kappa shape index (κ2) is 6.00. The molecule has 0 aliphatic heterocycles. The summed E-state index contributed by atoms with van der Waals surface area (Å²) in [5.41, 5.74) is 1.11. The summed E-state index contributed by atoms with van der Waals surface area (Å²) in [4.78, 5) is 17.2. The number of thiazole rings is 1. The third kappa shape index (κ3) is 3.23. The average Bonchev–Trinajstić information content (AvgIpc) is 3.04. The summed E-state index contributed by atoms with van der Waals surface area (Å²) in [6, 6.07) is 3.78. The molecule has 0 aliphatic rings. The lowest BCUT2D eigenvalue weighted by atomic mass is 10.4. The summed E-state index contributed by atoms with van der Waals surface area (Å²) in [6.45, 7) is 2.13. The van der Waals surface area contributed by atoms with Crippen LogP contribution in [0.15, 0.2) is 21.9 Å². The van der Waals surface area contributed by atoms with Crippen LogP contribution in [-0.4, -0.2) is 26.5 Å². The van der Waals surface area contributed by atoms with Gasteiger partial charge in [-0.05, 0) is 19.1 Å². The lowest BCUT2D eigenvalue weighted by molar-refractivity contribution is 0.0590. The molecule has 108 valence electrons. The van der Waals surface area contributed by atoms with Crippen molar-refractivity contribution in [2.45, 2.75) is 17.7 Å². The standard InChI is InChI=1S/C11H12N2O4S3/c1-7-3-4-8(19-7)5-13-20(15,16)11-9(10(14)17-2)12-6-18-11/h3-4,6,13H,5H2,1-2H3. The molecule has 2 aromatic rings. The molecule has 0 fully saturated rings. The Morgan fingerprint density at radius 3 is 2.80 bits per heavy atom. The fourth-order valence-electron chi connectivity index (χ4n) is 1.47. The Bertz CT molecular complexity index is 718. The summed E-state index contributed by atoms with van der Waals surface area (Å²) >= 11 is 2.39. The van der Waals surface area contributed by atoms with Crippen LogP contribution in [0.1, 0.15) is 20.2 Å². The van der Waals surface area contributed by atoms with Crippen molar-refractivity contribution in [1.29, 1.82) is 0 Å². The first-order valence-electron chi connectivity index (χ1n) is 5.51. The largest absolute Gasteiger partial charge is 0.464 e. The highest BCUT2D eigenvalue weighted by Gasteiger charge is 2.26. The number of hydrogen-bond donors (Lipinski definition) is 1. The molecule has 0 radical (unpaired) electrons. The van der Waals surface area contributed by atoms with Gasteiger partial charge in [0.05, 0.1) is 12.6 Å². The van der Waals surface area contributed by atoms with Gasteiger partial charge in [-0.15, -0.1) is 22.7 Å². The molecular weight excluding hydrogens is 320 g/mol. The van der Waals surface area contributed by atoms with Gasteiger partial charge in [-0.25, -0.2) is 22.9 Å². The molecule has 0 atom stereocenters. The number of rotatable bonds is 5. The zero-order valence-electron chi connectivity index (χ0n) is 10.7. The van der Waals surface area contributed by atoms with Gasteiger partial charge in [0, 0.05) is 16.3 Å². The second-order valence-electron chi connectivity index (χ2n) is 3.82. The number of carbonyl (C=O) groups is 1. The predicted octanol–water partition coefficient (Wildman–Crippen LogP) is 1.78. The number of hydrogen-bond acceptors (Lipinski definition) is 7. The van der Waals surface area contributed by atoms with Crippen LogP contribution < -0.4 is 4.72 Å². The van der Waals surface area contributed by atoms with Gasteiger partial charge in [-0.1, -0.05) is 0 Å². The molecule has 0 aromatic carbocycles. The Morgan fingerprint density at radius 2 is 2.20 bits per heavy atom. The number of nitrogens with one attached hydrogen (secondary N) is 1. The van der Waals surface area contributed by atoms with Gasteiger partial charge in [0.2, 0.25) is 0 Å². The molecule has 2 aromatic heterocycles. The van der Waals surface area contributed by atoms with E-state index in [0.717, 1.165) is 21.1 Å². The molecule has 20 heavy (non-hydrogen) atoms. The fraction of sp³-hybridized carbons (Fsp3) is 0.273. The van der Waals surface area contributed by atoms with Gasteiger partial charge < -0.3 is 4.74 Å². The highest BCUT2D eigenvalue weighted by atomic mass is 32.2. The lowest BCUT2D eigenvalue weighted by Crippen LogP contribution is -2.24. The van der Waals surface area contributed by atoms with E-state index in [1.165, 1.54) is 24.0 Å². The monoisotopic (exact) mass is 332 g/mol. The lowest BCUT2D eigenvalue weighted by Gasteiger charge is -2.04. The number of thiophene rings is 1. The van der Waals surface area contributed by atoms with E-state index in [4.69, 9.17) is 0 Å². The van der Waals surface area contributed by atoms with Gasteiger partial charge >= 0.3 is 5.97 Å². The van der Waals surface area contributed by atoms with Crippen molar-refractivity contribution in [1.82, 2.24) is 9.71 Å². The summed E-state index contributed by atoms with van der Waals surface area (Å²) in [5.74, 6) is -0.765. The summed E-state index contributed by atoms with van der Waals surface area (Å²) in [5, 5.41) is 0. The van der Waals surface area contributed by atoms with E-state index in [2.05, 4.69) is 14.4 Å². The molecule has 0 bridgehead atoms. The zero-order chi connectivity index (χ0) is 14.8. The van der Waals surface area contributed by atoms with Gasteiger partial charge in [0.1, 0.15) is 0 Å².